The Hall–Kier alpha value is -4.12. The monoisotopic (exact) mass is 501 g/mol. The topological polar surface area (TPSA) is 140 Å². The number of benzene rings is 2. The first-order chi connectivity index (χ1) is 17.8. The summed E-state index contributed by atoms with van der Waals surface area (Å²) in [6, 6.07) is 15.8. The van der Waals surface area contributed by atoms with Crippen molar-refractivity contribution >= 4 is 23.6 Å². The molecule has 194 valence electrons. The van der Waals surface area contributed by atoms with Crippen molar-refractivity contribution in [2.45, 2.75) is 57.5 Å². The summed E-state index contributed by atoms with van der Waals surface area (Å²) in [6.07, 6.45) is 5.24. The highest BCUT2D eigenvalue weighted by molar-refractivity contribution is 5.92. The lowest BCUT2D eigenvalue weighted by Gasteiger charge is -2.27. The van der Waals surface area contributed by atoms with E-state index in [1.54, 1.807) is 0 Å². The lowest BCUT2D eigenvalue weighted by atomic mass is 9.83. The molecule has 2 aromatic rings. The van der Waals surface area contributed by atoms with E-state index in [4.69, 9.17) is 11.5 Å². The minimum Gasteiger partial charge on any atom is -0.370 e. The summed E-state index contributed by atoms with van der Waals surface area (Å²) in [7, 11) is 0. The number of Topliss-reactive ketones (excluding diaryl/α,β-unsaturated/α-hetero) is 1. The summed E-state index contributed by atoms with van der Waals surface area (Å²) in [6.45, 7) is 1.17. The SMILES string of the molecule is CC(=O)[C@H](Cc1ccc(C#Cc2ccccc2)cc1)NC(=O)CNC(=O)[C@H](N=C(N)N)C1CCCCC1. The molecule has 6 N–H and O–H groups in total. The molecule has 2 atom stereocenters. The minimum absolute atomic E-state index is 0.0456. The van der Waals surface area contributed by atoms with E-state index in [2.05, 4.69) is 27.5 Å². The number of aliphatic imine (C=N–C) groups is 1. The molecule has 0 aliphatic heterocycles. The third kappa shape index (κ3) is 9.12. The van der Waals surface area contributed by atoms with Crippen LogP contribution >= 0.6 is 0 Å². The smallest absolute Gasteiger partial charge is 0.245 e. The molecule has 1 aliphatic rings. The van der Waals surface area contributed by atoms with E-state index in [-0.39, 0.29) is 30.1 Å². The second-order valence-electron chi connectivity index (χ2n) is 9.36. The van der Waals surface area contributed by atoms with Crippen LogP contribution in [-0.2, 0) is 20.8 Å². The third-order valence-electron chi connectivity index (χ3n) is 6.42. The average molecular weight is 502 g/mol. The minimum atomic E-state index is -0.717. The van der Waals surface area contributed by atoms with Crippen LogP contribution in [0, 0.1) is 17.8 Å². The molecule has 1 aliphatic carbocycles. The fourth-order valence-corrected chi connectivity index (χ4v) is 4.43. The summed E-state index contributed by atoms with van der Waals surface area (Å²) in [4.78, 5) is 41.7. The summed E-state index contributed by atoms with van der Waals surface area (Å²) >= 11 is 0. The molecule has 3 rings (SSSR count). The largest absolute Gasteiger partial charge is 0.370 e. The Labute approximate surface area is 218 Å². The zero-order valence-electron chi connectivity index (χ0n) is 21.2. The number of nitrogens with two attached hydrogens (primary N) is 2. The fraction of sp³-hybridized carbons (Fsp3) is 0.379. The number of hydrogen-bond donors (Lipinski definition) is 4. The van der Waals surface area contributed by atoms with Crippen LogP contribution in [0.4, 0.5) is 0 Å². The van der Waals surface area contributed by atoms with Gasteiger partial charge in [0, 0.05) is 11.1 Å². The van der Waals surface area contributed by atoms with Crippen molar-refractivity contribution in [1.82, 2.24) is 10.6 Å². The molecular formula is C29H35N5O3. The van der Waals surface area contributed by atoms with Gasteiger partial charge in [-0.15, -0.1) is 0 Å². The number of nitrogens with one attached hydrogen (secondary N) is 2. The van der Waals surface area contributed by atoms with Gasteiger partial charge in [-0.05, 0) is 61.9 Å². The fourth-order valence-electron chi connectivity index (χ4n) is 4.43. The van der Waals surface area contributed by atoms with E-state index in [1.165, 1.54) is 6.92 Å². The quantitative estimate of drug-likeness (QED) is 0.237. The number of ketones is 1. The van der Waals surface area contributed by atoms with Crippen molar-refractivity contribution in [2.24, 2.45) is 22.4 Å². The Balaban J connectivity index is 1.54. The van der Waals surface area contributed by atoms with Gasteiger partial charge in [0.2, 0.25) is 11.8 Å². The summed E-state index contributed by atoms with van der Waals surface area (Å²) < 4.78 is 0. The lowest BCUT2D eigenvalue weighted by Crippen LogP contribution is -2.48. The Morgan fingerprint density at radius 2 is 1.57 bits per heavy atom. The maximum Gasteiger partial charge on any atom is 0.245 e. The predicted molar refractivity (Wildman–Crippen MR) is 144 cm³/mol. The van der Waals surface area contributed by atoms with Crippen molar-refractivity contribution < 1.29 is 14.4 Å². The van der Waals surface area contributed by atoms with Crippen LogP contribution in [0.5, 0.6) is 0 Å². The summed E-state index contributed by atoms with van der Waals surface area (Å²) in [5.41, 5.74) is 13.8. The molecule has 1 saturated carbocycles. The number of guanidine groups is 1. The second kappa shape index (κ2) is 13.8. The molecule has 0 aromatic heterocycles. The molecular weight excluding hydrogens is 466 g/mol. The first kappa shape index (κ1) is 27.5. The average Bonchev–Trinajstić information content (AvgIpc) is 2.90. The number of amides is 2. The number of nitrogens with zero attached hydrogens (tertiary/aromatic N) is 1. The first-order valence-corrected chi connectivity index (χ1v) is 12.6. The maximum absolute atomic E-state index is 12.8. The van der Waals surface area contributed by atoms with Crippen LogP contribution in [0.2, 0.25) is 0 Å². The zero-order valence-corrected chi connectivity index (χ0v) is 21.2. The number of carbonyl (C=O) groups is 3. The van der Waals surface area contributed by atoms with Crippen LogP contribution in [-0.4, -0.2) is 42.2 Å². The van der Waals surface area contributed by atoms with Gasteiger partial charge in [0.1, 0.15) is 6.04 Å². The van der Waals surface area contributed by atoms with E-state index in [0.717, 1.165) is 48.8 Å². The molecule has 0 radical (unpaired) electrons. The molecule has 0 saturated heterocycles. The van der Waals surface area contributed by atoms with Crippen LogP contribution in [0.15, 0.2) is 59.6 Å². The molecule has 2 amide bonds. The van der Waals surface area contributed by atoms with Crippen LogP contribution in [0.25, 0.3) is 0 Å². The van der Waals surface area contributed by atoms with Gasteiger partial charge >= 0.3 is 0 Å². The van der Waals surface area contributed by atoms with Gasteiger partial charge in [-0.1, -0.05) is 61.4 Å². The molecule has 8 heteroatoms. The summed E-state index contributed by atoms with van der Waals surface area (Å²) in [5, 5.41) is 5.36. The van der Waals surface area contributed by atoms with Crippen molar-refractivity contribution in [3.8, 4) is 11.8 Å². The standard InChI is InChI=1S/C29H35N5O3/c1-20(35)25(18-23-16-14-22(15-17-23)13-12-21-8-4-2-5-9-21)33-26(36)19-32-28(37)27(34-29(30)31)24-10-6-3-7-11-24/h2,4-5,8-9,14-17,24-25,27H,3,6-7,10-11,18-19H2,1H3,(H,32,37)(H,33,36)(H4,30,31,34)/t25-,27+/m0/s1. The Kier molecular flexibility index (Phi) is 10.3. The van der Waals surface area contributed by atoms with Crippen LogP contribution in [0.1, 0.15) is 55.7 Å². The van der Waals surface area contributed by atoms with E-state index >= 15 is 0 Å². The Morgan fingerprint density at radius 3 is 2.16 bits per heavy atom. The van der Waals surface area contributed by atoms with Crippen molar-refractivity contribution in [2.75, 3.05) is 6.54 Å². The first-order valence-electron chi connectivity index (χ1n) is 12.6. The number of carbonyl (C=O) groups excluding carboxylic acids is 3. The molecule has 0 heterocycles. The highest BCUT2D eigenvalue weighted by atomic mass is 16.2. The third-order valence-corrected chi connectivity index (χ3v) is 6.42. The number of rotatable bonds is 9. The number of hydrogen-bond acceptors (Lipinski definition) is 4. The van der Waals surface area contributed by atoms with Crippen LogP contribution < -0.4 is 22.1 Å². The zero-order chi connectivity index (χ0) is 26.6. The molecule has 8 nitrogen and oxygen atoms in total. The maximum atomic E-state index is 12.8. The van der Waals surface area contributed by atoms with Crippen LogP contribution in [0.3, 0.4) is 0 Å². The molecule has 37 heavy (non-hydrogen) atoms. The van der Waals surface area contributed by atoms with Gasteiger partial charge in [0.05, 0.1) is 12.6 Å². The van der Waals surface area contributed by atoms with Gasteiger partial charge < -0.3 is 22.1 Å². The van der Waals surface area contributed by atoms with E-state index in [0.29, 0.717) is 6.42 Å². The van der Waals surface area contributed by atoms with E-state index in [1.807, 2.05) is 54.6 Å². The van der Waals surface area contributed by atoms with Gasteiger partial charge in [-0.25, -0.2) is 4.99 Å². The Bertz CT molecular complexity index is 1160. The summed E-state index contributed by atoms with van der Waals surface area (Å²) in [5.74, 6) is 5.11. The van der Waals surface area contributed by atoms with Crippen molar-refractivity contribution in [3.63, 3.8) is 0 Å². The van der Waals surface area contributed by atoms with Gasteiger partial charge in [0.15, 0.2) is 11.7 Å². The molecule has 0 unspecified atom stereocenters. The lowest BCUT2D eigenvalue weighted by molar-refractivity contribution is -0.129. The highest BCUT2D eigenvalue weighted by Gasteiger charge is 2.30. The molecule has 2 aromatic carbocycles. The van der Waals surface area contributed by atoms with Gasteiger partial charge in [0.25, 0.3) is 0 Å². The molecule has 0 spiro atoms. The normalized spacial score (nSPS) is 14.8. The van der Waals surface area contributed by atoms with Gasteiger partial charge in [-0.3, -0.25) is 14.4 Å². The van der Waals surface area contributed by atoms with Gasteiger partial charge in [-0.2, -0.15) is 0 Å². The van der Waals surface area contributed by atoms with Crippen molar-refractivity contribution in [3.05, 3.63) is 71.3 Å². The van der Waals surface area contributed by atoms with Crippen molar-refractivity contribution in [1.29, 1.82) is 0 Å². The molecule has 0 bridgehead atoms. The second-order valence-corrected chi connectivity index (χ2v) is 9.36. The Morgan fingerprint density at radius 1 is 0.946 bits per heavy atom. The van der Waals surface area contributed by atoms with E-state index < -0.39 is 18.0 Å². The predicted octanol–water partition coefficient (Wildman–Crippen LogP) is 2.04. The highest BCUT2D eigenvalue weighted by Crippen LogP contribution is 2.28. The van der Waals surface area contributed by atoms with E-state index in [9.17, 15) is 14.4 Å². The molecule has 1 fully saturated rings.